The second-order valence-corrected chi connectivity index (χ2v) is 8.06. The lowest BCUT2D eigenvalue weighted by Crippen LogP contribution is -2.06. The van der Waals surface area contributed by atoms with E-state index >= 15 is 0 Å². The van der Waals surface area contributed by atoms with Gasteiger partial charge in [-0.3, -0.25) is 0 Å². The molecule has 3 aromatic carbocycles. The van der Waals surface area contributed by atoms with Crippen molar-refractivity contribution in [3.8, 4) is 16.9 Å². The molecule has 5 rings (SSSR count). The van der Waals surface area contributed by atoms with Crippen LogP contribution in [-0.4, -0.2) is 0 Å². The molecule has 0 aliphatic heterocycles. The molecular formula is C25H14Cl2O5. The average molecular weight is 465 g/mol. The quantitative estimate of drug-likeness (QED) is 0.285. The highest BCUT2D eigenvalue weighted by atomic mass is 35.5. The van der Waals surface area contributed by atoms with Crippen molar-refractivity contribution in [2.45, 2.75) is 6.61 Å². The Morgan fingerprint density at radius 3 is 2.44 bits per heavy atom. The molecular weight excluding hydrogens is 451 g/mol. The topological polar surface area (TPSA) is 69.7 Å². The van der Waals surface area contributed by atoms with Crippen LogP contribution >= 0.6 is 23.2 Å². The van der Waals surface area contributed by atoms with Crippen molar-refractivity contribution < 1.29 is 13.6 Å². The lowest BCUT2D eigenvalue weighted by Gasteiger charge is -2.09. The Morgan fingerprint density at radius 1 is 0.750 bits per heavy atom. The molecule has 32 heavy (non-hydrogen) atoms. The molecule has 0 aliphatic carbocycles. The third-order valence-corrected chi connectivity index (χ3v) is 5.47. The molecule has 0 atom stereocenters. The molecule has 2 aromatic heterocycles. The SMILES string of the molecule is O=c1cc(-c2cc3cc(Cl)ccc3oc2=O)c2ccc(OCc3cccc(Cl)c3)cc2o1. The Kier molecular flexibility index (Phi) is 5.21. The summed E-state index contributed by atoms with van der Waals surface area (Å²) >= 11 is 12.1. The van der Waals surface area contributed by atoms with Crippen molar-refractivity contribution in [3.63, 3.8) is 0 Å². The molecule has 7 heteroatoms. The fourth-order valence-electron chi connectivity index (χ4n) is 3.53. The summed E-state index contributed by atoms with van der Waals surface area (Å²) in [5.41, 5.74) is 1.10. The minimum absolute atomic E-state index is 0.241. The molecule has 0 fully saturated rings. The van der Waals surface area contributed by atoms with E-state index in [2.05, 4.69) is 0 Å². The lowest BCUT2D eigenvalue weighted by atomic mass is 10.0. The van der Waals surface area contributed by atoms with E-state index in [0.717, 1.165) is 5.56 Å². The van der Waals surface area contributed by atoms with Gasteiger partial charge in [0, 0.05) is 38.5 Å². The third kappa shape index (κ3) is 4.00. The van der Waals surface area contributed by atoms with Crippen LogP contribution in [0, 0.1) is 0 Å². The highest BCUT2D eigenvalue weighted by Gasteiger charge is 2.14. The van der Waals surface area contributed by atoms with Crippen molar-refractivity contribution in [2.75, 3.05) is 0 Å². The van der Waals surface area contributed by atoms with E-state index < -0.39 is 11.3 Å². The van der Waals surface area contributed by atoms with E-state index in [1.807, 2.05) is 18.2 Å². The van der Waals surface area contributed by atoms with Crippen molar-refractivity contribution in [3.05, 3.63) is 109 Å². The first-order valence-electron chi connectivity index (χ1n) is 9.65. The summed E-state index contributed by atoms with van der Waals surface area (Å²) in [7, 11) is 0. The Bertz CT molecular complexity index is 1600. The molecule has 5 aromatic rings. The first kappa shape index (κ1) is 20.4. The van der Waals surface area contributed by atoms with Crippen LogP contribution in [0.4, 0.5) is 0 Å². The number of fused-ring (bicyclic) bond motifs is 2. The second kappa shape index (κ2) is 8.19. The van der Waals surface area contributed by atoms with E-state index in [9.17, 15) is 9.59 Å². The van der Waals surface area contributed by atoms with Crippen LogP contribution in [0.1, 0.15) is 5.56 Å². The zero-order valence-electron chi connectivity index (χ0n) is 16.4. The zero-order valence-corrected chi connectivity index (χ0v) is 17.9. The first-order valence-corrected chi connectivity index (χ1v) is 10.4. The van der Waals surface area contributed by atoms with Gasteiger partial charge in [-0.25, -0.2) is 9.59 Å². The highest BCUT2D eigenvalue weighted by molar-refractivity contribution is 6.31. The molecule has 0 unspecified atom stereocenters. The maximum atomic E-state index is 12.7. The lowest BCUT2D eigenvalue weighted by molar-refractivity contribution is 0.306. The Morgan fingerprint density at radius 2 is 1.59 bits per heavy atom. The first-order chi connectivity index (χ1) is 15.5. The fourth-order valence-corrected chi connectivity index (χ4v) is 3.92. The van der Waals surface area contributed by atoms with Gasteiger partial charge in [0.05, 0.1) is 5.56 Å². The largest absolute Gasteiger partial charge is 0.489 e. The Labute approximate surface area is 191 Å². The molecule has 0 amide bonds. The van der Waals surface area contributed by atoms with Gasteiger partial charge >= 0.3 is 11.3 Å². The van der Waals surface area contributed by atoms with Crippen LogP contribution < -0.4 is 16.0 Å². The Hall–Kier alpha value is -3.54. The number of ether oxygens (including phenoxy) is 1. The second-order valence-electron chi connectivity index (χ2n) is 7.19. The van der Waals surface area contributed by atoms with Gasteiger partial charge in [-0.1, -0.05) is 35.3 Å². The van der Waals surface area contributed by atoms with Crippen LogP contribution in [-0.2, 0) is 6.61 Å². The van der Waals surface area contributed by atoms with Crippen LogP contribution in [0.15, 0.2) is 91.2 Å². The van der Waals surface area contributed by atoms with Crippen LogP contribution in [0.3, 0.4) is 0 Å². The van der Waals surface area contributed by atoms with E-state index in [1.54, 1.807) is 48.5 Å². The van der Waals surface area contributed by atoms with E-state index in [4.69, 9.17) is 36.8 Å². The van der Waals surface area contributed by atoms with E-state index in [1.165, 1.54) is 6.07 Å². The predicted molar refractivity (Wildman–Crippen MR) is 125 cm³/mol. The smallest absolute Gasteiger partial charge is 0.344 e. The summed E-state index contributed by atoms with van der Waals surface area (Å²) in [5, 5.41) is 2.36. The minimum atomic E-state index is -0.593. The number of hydrogen-bond acceptors (Lipinski definition) is 5. The van der Waals surface area contributed by atoms with Gasteiger partial charge in [0.1, 0.15) is 23.5 Å². The number of benzene rings is 3. The number of hydrogen-bond donors (Lipinski definition) is 0. The third-order valence-electron chi connectivity index (χ3n) is 4.99. The standard InChI is InChI=1S/C25H14Cl2O5/c26-16-3-1-2-14(8-16)13-30-18-5-6-19-20(12-24(28)31-23(19)11-18)21-10-15-9-17(27)4-7-22(15)32-25(21)29/h1-12H,13H2. The summed E-state index contributed by atoms with van der Waals surface area (Å²) in [5.74, 6) is 0.509. The maximum absolute atomic E-state index is 12.7. The van der Waals surface area contributed by atoms with Crippen LogP contribution in [0.5, 0.6) is 5.75 Å². The van der Waals surface area contributed by atoms with Gasteiger partial charge in [-0.15, -0.1) is 0 Å². The molecule has 0 saturated heterocycles. The van der Waals surface area contributed by atoms with E-state index in [-0.39, 0.29) is 5.56 Å². The summed E-state index contributed by atoms with van der Waals surface area (Å²) < 4.78 is 16.6. The summed E-state index contributed by atoms with van der Waals surface area (Å²) in [6.07, 6.45) is 0. The van der Waals surface area contributed by atoms with Gasteiger partial charge in [0.15, 0.2) is 0 Å². The molecule has 0 radical (unpaired) electrons. The van der Waals surface area contributed by atoms with Gasteiger partial charge in [0.25, 0.3) is 0 Å². The molecule has 158 valence electrons. The molecule has 0 bridgehead atoms. The molecule has 0 aliphatic rings. The molecule has 0 saturated carbocycles. The van der Waals surface area contributed by atoms with Crippen molar-refractivity contribution >= 4 is 45.1 Å². The highest BCUT2D eigenvalue weighted by Crippen LogP contribution is 2.30. The van der Waals surface area contributed by atoms with Crippen molar-refractivity contribution in [1.29, 1.82) is 0 Å². The maximum Gasteiger partial charge on any atom is 0.344 e. The molecule has 5 nitrogen and oxygen atoms in total. The van der Waals surface area contributed by atoms with Gasteiger partial charge < -0.3 is 13.6 Å². The normalized spacial score (nSPS) is 11.2. The summed E-state index contributed by atoms with van der Waals surface area (Å²) in [6.45, 7) is 0.297. The van der Waals surface area contributed by atoms with Gasteiger partial charge in [0.2, 0.25) is 0 Å². The van der Waals surface area contributed by atoms with Crippen molar-refractivity contribution in [2.24, 2.45) is 0 Å². The molecule has 0 N–H and O–H groups in total. The number of halogens is 2. The average Bonchev–Trinajstić information content (AvgIpc) is 2.77. The van der Waals surface area contributed by atoms with Gasteiger partial charge in [-0.05, 0) is 54.1 Å². The van der Waals surface area contributed by atoms with E-state index in [0.29, 0.717) is 49.9 Å². The Balaban J connectivity index is 1.57. The minimum Gasteiger partial charge on any atom is -0.489 e. The fraction of sp³-hybridized carbons (Fsp3) is 0.0400. The van der Waals surface area contributed by atoms with Crippen LogP contribution in [0.2, 0.25) is 10.0 Å². The number of rotatable bonds is 4. The summed E-state index contributed by atoms with van der Waals surface area (Å²) in [4.78, 5) is 24.9. The zero-order chi connectivity index (χ0) is 22.2. The molecule has 0 spiro atoms. The predicted octanol–water partition coefficient (Wildman–Crippen LogP) is 6.45. The van der Waals surface area contributed by atoms with Crippen molar-refractivity contribution in [1.82, 2.24) is 0 Å². The monoisotopic (exact) mass is 464 g/mol. The summed E-state index contributed by atoms with van der Waals surface area (Å²) in [6, 6.07) is 20.3. The van der Waals surface area contributed by atoms with Crippen LogP contribution in [0.25, 0.3) is 33.1 Å². The molecule has 2 heterocycles. The van der Waals surface area contributed by atoms with Gasteiger partial charge in [-0.2, -0.15) is 0 Å².